The summed E-state index contributed by atoms with van der Waals surface area (Å²) in [6, 6.07) is 8.45. The van der Waals surface area contributed by atoms with Gasteiger partial charge in [0.25, 0.3) is 0 Å². The molecule has 0 aliphatic heterocycles. The summed E-state index contributed by atoms with van der Waals surface area (Å²) in [4.78, 5) is 22.5. The molecular weight excluding hydrogens is 224 g/mol. The Morgan fingerprint density at radius 1 is 1.31 bits per heavy atom. The van der Waals surface area contributed by atoms with Crippen LogP contribution in [0.3, 0.4) is 0 Å². The zero-order valence-electron chi connectivity index (χ0n) is 8.93. The third-order valence-corrected chi connectivity index (χ3v) is 2.28. The van der Waals surface area contributed by atoms with Gasteiger partial charge in [0.05, 0.1) is 0 Å². The molecule has 1 rings (SSSR count). The summed E-state index contributed by atoms with van der Waals surface area (Å²) in [5.41, 5.74) is 0.699. The van der Waals surface area contributed by atoms with Crippen LogP contribution < -0.4 is 10.6 Å². The van der Waals surface area contributed by atoms with Crippen LogP contribution in [0.1, 0.15) is 6.92 Å². The number of anilines is 1. The van der Waals surface area contributed by atoms with Crippen LogP contribution >= 0.6 is 12.6 Å². The second-order valence-electron chi connectivity index (χ2n) is 3.29. The fraction of sp³-hybridized carbons (Fsp3) is 0.273. The van der Waals surface area contributed by atoms with Crippen molar-refractivity contribution >= 4 is 30.1 Å². The first-order valence-corrected chi connectivity index (χ1v) is 5.50. The van der Waals surface area contributed by atoms with Gasteiger partial charge in [-0.2, -0.15) is 12.6 Å². The second kappa shape index (κ2) is 6.17. The predicted molar refractivity (Wildman–Crippen MR) is 66.5 cm³/mol. The zero-order valence-corrected chi connectivity index (χ0v) is 9.83. The molecule has 0 aliphatic carbocycles. The maximum atomic E-state index is 11.7. The Morgan fingerprint density at radius 2 is 1.94 bits per heavy atom. The van der Waals surface area contributed by atoms with Gasteiger partial charge in [0.1, 0.15) is 6.04 Å². The average molecular weight is 238 g/mol. The molecule has 0 bridgehead atoms. The lowest BCUT2D eigenvalue weighted by atomic mass is 10.2. The van der Waals surface area contributed by atoms with E-state index in [4.69, 9.17) is 0 Å². The van der Waals surface area contributed by atoms with Crippen molar-refractivity contribution in [2.75, 3.05) is 11.1 Å². The molecule has 0 radical (unpaired) electrons. The highest BCUT2D eigenvalue weighted by molar-refractivity contribution is 7.80. The average Bonchev–Trinajstić information content (AvgIpc) is 2.26. The monoisotopic (exact) mass is 238 g/mol. The number of amides is 2. The quantitative estimate of drug-likeness (QED) is 0.687. The highest BCUT2D eigenvalue weighted by Gasteiger charge is 2.17. The summed E-state index contributed by atoms with van der Waals surface area (Å²) >= 11 is 4.02. The van der Waals surface area contributed by atoms with Crippen LogP contribution in [0.5, 0.6) is 0 Å². The molecule has 0 aromatic heterocycles. The Labute approximate surface area is 99.8 Å². The topological polar surface area (TPSA) is 58.2 Å². The van der Waals surface area contributed by atoms with Crippen molar-refractivity contribution in [2.24, 2.45) is 0 Å². The maximum Gasteiger partial charge on any atom is 0.247 e. The number of rotatable bonds is 4. The highest BCUT2D eigenvalue weighted by atomic mass is 32.1. The molecule has 0 aliphatic rings. The molecule has 2 N–H and O–H groups in total. The van der Waals surface area contributed by atoms with Gasteiger partial charge in [0.15, 0.2) is 0 Å². The Hall–Kier alpha value is -1.49. The summed E-state index contributed by atoms with van der Waals surface area (Å²) in [7, 11) is 0. The van der Waals surface area contributed by atoms with Crippen molar-refractivity contribution in [1.29, 1.82) is 0 Å². The Bertz CT molecular complexity index is 368. The van der Waals surface area contributed by atoms with E-state index in [2.05, 4.69) is 23.3 Å². The van der Waals surface area contributed by atoms with Crippen molar-refractivity contribution in [3.05, 3.63) is 30.3 Å². The van der Waals surface area contributed by atoms with E-state index in [1.165, 1.54) is 6.92 Å². The Balaban J connectivity index is 2.59. The van der Waals surface area contributed by atoms with Crippen LogP contribution in [0, 0.1) is 0 Å². The normalized spacial score (nSPS) is 11.6. The first-order valence-electron chi connectivity index (χ1n) is 4.87. The van der Waals surface area contributed by atoms with Crippen LogP contribution in [0.25, 0.3) is 0 Å². The van der Waals surface area contributed by atoms with Crippen LogP contribution in [0.15, 0.2) is 30.3 Å². The Kier molecular flexibility index (Phi) is 4.85. The van der Waals surface area contributed by atoms with Gasteiger partial charge in [0.2, 0.25) is 11.8 Å². The fourth-order valence-corrected chi connectivity index (χ4v) is 1.45. The van der Waals surface area contributed by atoms with Crippen molar-refractivity contribution in [1.82, 2.24) is 5.32 Å². The summed E-state index contributed by atoms with van der Waals surface area (Å²) in [5, 5.41) is 5.22. The summed E-state index contributed by atoms with van der Waals surface area (Å²) < 4.78 is 0. The number of benzene rings is 1. The molecule has 1 aromatic rings. The van der Waals surface area contributed by atoms with Crippen LogP contribution in [0.4, 0.5) is 5.69 Å². The molecular formula is C11H14N2O2S. The van der Waals surface area contributed by atoms with Gasteiger partial charge in [-0.15, -0.1) is 0 Å². The van der Waals surface area contributed by atoms with E-state index in [0.717, 1.165) is 0 Å². The zero-order chi connectivity index (χ0) is 12.0. The minimum atomic E-state index is -0.610. The number of thiol groups is 1. The van der Waals surface area contributed by atoms with E-state index in [1.807, 2.05) is 18.2 Å². The molecule has 1 atom stereocenters. The van der Waals surface area contributed by atoms with Crippen molar-refractivity contribution in [3.63, 3.8) is 0 Å². The summed E-state index contributed by atoms with van der Waals surface area (Å²) in [5.74, 6) is -0.253. The minimum Gasteiger partial charge on any atom is -0.344 e. The van der Waals surface area contributed by atoms with E-state index in [1.54, 1.807) is 12.1 Å². The summed E-state index contributed by atoms with van der Waals surface area (Å²) in [6.45, 7) is 1.37. The van der Waals surface area contributed by atoms with E-state index in [-0.39, 0.29) is 17.6 Å². The number of hydrogen-bond donors (Lipinski definition) is 3. The Morgan fingerprint density at radius 3 is 2.44 bits per heavy atom. The lowest BCUT2D eigenvalue weighted by Crippen LogP contribution is -2.44. The van der Waals surface area contributed by atoms with Gasteiger partial charge in [-0.25, -0.2) is 0 Å². The van der Waals surface area contributed by atoms with Crippen LogP contribution in [-0.2, 0) is 9.59 Å². The van der Waals surface area contributed by atoms with Gasteiger partial charge in [-0.1, -0.05) is 18.2 Å². The van der Waals surface area contributed by atoms with Gasteiger partial charge in [-0.3, -0.25) is 9.59 Å². The highest BCUT2D eigenvalue weighted by Crippen LogP contribution is 2.05. The standard InChI is InChI=1S/C11H14N2O2S/c1-8(14)12-10(7-16)11(15)13-9-5-3-2-4-6-9/h2-6,10,16H,7H2,1H3,(H,12,14)(H,13,15)/t10-/m0/s1. The molecule has 2 amide bonds. The first-order chi connectivity index (χ1) is 7.63. The molecule has 0 spiro atoms. The van der Waals surface area contributed by atoms with E-state index in [0.29, 0.717) is 5.69 Å². The van der Waals surface area contributed by atoms with Crippen molar-refractivity contribution in [3.8, 4) is 0 Å². The largest absolute Gasteiger partial charge is 0.344 e. The molecule has 4 nitrogen and oxygen atoms in total. The van der Waals surface area contributed by atoms with Crippen molar-refractivity contribution in [2.45, 2.75) is 13.0 Å². The smallest absolute Gasteiger partial charge is 0.247 e. The molecule has 5 heteroatoms. The molecule has 0 fully saturated rings. The fourth-order valence-electron chi connectivity index (χ4n) is 1.19. The number of hydrogen-bond acceptors (Lipinski definition) is 3. The summed E-state index contributed by atoms with van der Waals surface area (Å²) in [6.07, 6.45) is 0. The number of carbonyl (C=O) groups is 2. The van der Waals surface area contributed by atoms with Gasteiger partial charge in [-0.05, 0) is 12.1 Å². The minimum absolute atomic E-state index is 0.248. The third-order valence-electron chi connectivity index (χ3n) is 1.92. The third kappa shape index (κ3) is 3.94. The predicted octanol–water partition coefficient (Wildman–Crippen LogP) is 1.06. The van der Waals surface area contributed by atoms with E-state index in [9.17, 15) is 9.59 Å². The van der Waals surface area contributed by atoms with Gasteiger partial charge in [0, 0.05) is 18.4 Å². The van der Waals surface area contributed by atoms with Crippen LogP contribution in [0.2, 0.25) is 0 Å². The van der Waals surface area contributed by atoms with Crippen LogP contribution in [-0.4, -0.2) is 23.6 Å². The molecule has 16 heavy (non-hydrogen) atoms. The van der Waals surface area contributed by atoms with Gasteiger partial charge < -0.3 is 10.6 Å². The first kappa shape index (κ1) is 12.6. The molecule has 86 valence electrons. The van der Waals surface area contributed by atoms with E-state index < -0.39 is 6.04 Å². The molecule has 0 saturated carbocycles. The molecule has 0 unspecified atom stereocenters. The van der Waals surface area contributed by atoms with Gasteiger partial charge >= 0.3 is 0 Å². The lowest BCUT2D eigenvalue weighted by Gasteiger charge is -2.15. The maximum absolute atomic E-state index is 11.7. The van der Waals surface area contributed by atoms with Crippen molar-refractivity contribution < 1.29 is 9.59 Å². The second-order valence-corrected chi connectivity index (χ2v) is 3.66. The SMILES string of the molecule is CC(=O)N[C@@H](CS)C(=O)Nc1ccccc1. The number of carbonyl (C=O) groups excluding carboxylic acids is 2. The molecule has 0 heterocycles. The number of nitrogens with one attached hydrogen (secondary N) is 2. The lowest BCUT2D eigenvalue weighted by molar-refractivity contribution is -0.124. The molecule has 0 saturated heterocycles. The van der Waals surface area contributed by atoms with E-state index >= 15 is 0 Å². The molecule has 1 aromatic carbocycles. The number of para-hydroxylation sites is 1.